The molecule has 2 heterocycles. The van der Waals surface area contributed by atoms with Crippen molar-refractivity contribution in [3.63, 3.8) is 0 Å². The van der Waals surface area contributed by atoms with Gasteiger partial charge in [0.15, 0.2) is 5.17 Å². The smallest absolute Gasteiger partial charge is 0.305 e. The third kappa shape index (κ3) is 4.56. The van der Waals surface area contributed by atoms with E-state index < -0.39 is 22.0 Å². The second kappa shape index (κ2) is 8.23. The molecule has 1 aliphatic rings. The average molecular weight is 423 g/mol. The molecule has 0 radical (unpaired) electrons. The molecule has 144 valence electrons. The summed E-state index contributed by atoms with van der Waals surface area (Å²) in [6.45, 7) is 0. The Hall–Kier alpha value is -3.18. The van der Waals surface area contributed by atoms with Crippen molar-refractivity contribution in [2.24, 2.45) is 10.2 Å². The van der Waals surface area contributed by atoms with Crippen molar-refractivity contribution in [3.8, 4) is 11.3 Å². The van der Waals surface area contributed by atoms with E-state index in [2.05, 4.69) is 15.5 Å². The van der Waals surface area contributed by atoms with E-state index in [1.165, 1.54) is 24.4 Å². The molecule has 28 heavy (non-hydrogen) atoms. The molecule has 0 aliphatic carbocycles. The summed E-state index contributed by atoms with van der Waals surface area (Å²) in [6, 6.07) is 7.15. The van der Waals surface area contributed by atoms with Gasteiger partial charge in [-0.3, -0.25) is 19.7 Å². The fourth-order valence-corrected chi connectivity index (χ4v) is 3.39. The quantitative estimate of drug-likeness (QED) is 0.413. The van der Waals surface area contributed by atoms with E-state index in [9.17, 15) is 19.7 Å². The summed E-state index contributed by atoms with van der Waals surface area (Å²) in [5.41, 5.74) is 0.235. The van der Waals surface area contributed by atoms with Crippen molar-refractivity contribution in [2.75, 3.05) is 0 Å². The van der Waals surface area contributed by atoms with Crippen LogP contribution in [0.2, 0.25) is 5.02 Å². The fourth-order valence-electron chi connectivity index (χ4n) is 2.27. The molecule has 0 saturated carbocycles. The lowest BCUT2D eigenvalue weighted by molar-refractivity contribution is -0.384. The van der Waals surface area contributed by atoms with Crippen molar-refractivity contribution >= 4 is 52.3 Å². The minimum absolute atomic E-state index is 0.123. The number of non-ortho nitro benzene ring substituents is 1. The highest BCUT2D eigenvalue weighted by Gasteiger charge is 2.32. The number of hydrogen-bond acceptors (Lipinski definition) is 8. The SMILES string of the molecule is O=C(O)C[C@@H]1S/C(=N\N=C/c2ccc(-c3cc([N+](=O)[O-])ccc3Cl)o2)NC1=O. The van der Waals surface area contributed by atoms with Crippen LogP contribution in [0.1, 0.15) is 12.2 Å². The summed E-state index contributed by atoms with van der Waals surface area (Å²) >= 11 is 7.05. The highest BCUT2D eigenvalue weighted by atomic mass is 35.5. The number of rotatable bonds is 6. The van der Waals surface area contributed by atoms with E-state index >= 15 is 0 Å². The molecular formula is C16H11ClN4O6S. The van der Waals surface area contributed by atoms with E-state index in [1.54, 1.807) is 12.1 Å². The number of carboxylic acids is 1. The van der Waals surface area contributed by atoms with Gasteiger partial charge in [-0.2, -0.15) is 5.10 Å². The third-order valence-electron chi connectivity index (χ3n) is 3.52. The van der Waals surface area contributed by atoms with Crippen LogP contribution < -0.4 is 5.32 Å². The van der Waals surface area contributed by atoms with Gasteiger partial charge >= 0.3 is 5.97 Å². The lowest BCUT2D eigenvalue weighted by Gasteiger charge is -2.00. The number of aliphatic carboxylic acids is 1. The van der Waals surface area contributed by atoms with E-state index in [1.807, 2.05) is 0 Å². The Kier molecular flexibility index (Phi) is 5.76. The molecular weight excluding hydrogens is 412 g/mol. The predicted molar refractivity (Wildman–Crippen MR) is 103 cm³/mol. The predicted octanol–water partition coefficient (Wildman–Crippen LogP) is 2.90. The van der Waals surface area contributed by atoms with Crippen LogP contribution in [0.3, 0.4) is 0 Å². The Morgan fingerprint density at radius 2 is 2.21 bits per heavy atom. The number of amides is 1. The Morgan fingerprint density at radius 1 is 1.43 bits per heavy atom. The zero-order valence-electron chi connectivity index (χ0n) is 13.9. The van der Waals surface area contributed by atoms with E-state index in [0.29, 0.717) is 22.1 Å². The molecule has 1 aliphatic heterocycles. The number of nitro benzene ring substituents is 1. The van der Waals surface area contributed by atoms with Gasteiger partial charge < -0.3 is 14.8 Å². The molecule has 12 heteroatoms. The molecule has 3 rings (SSSR count). The second-order valence-electron chi connectivity index (χ2n) is 5.47. The normalized spacial score (nSPS) is 18.0. The van der Waals surface area contributed by atoms with Gasteiger partial charge in [0.05, 0.1) is 22.6 Å². The summed E-state index contributed by atoms with van der Waals surface area (Å²) in [5, 5.41) is 29.4. The van der Waals surface area contributed by atoms with Gasteiger partial charge in [-0.1, -0.05) is 23.4 Å². The number of furan rings is 1. The van der Waals surface area contributed by atoms with Gasteiger partial charge in [-0.05, 0) is 18.2 Å². The maximum atomic E-state index is 11.6. The Labute approximate surface area is 166 Å². The molecule has 0 spiro atoms. The molecule has 10 nitrogen and oxygen atoms in total. The van der Waals surface area contributed by atoms with E-state index in [0.717, 1.165) is 11.8 Å². The van der Waals surface area contributed by atoms with E-state index in [4.69, 9.17) is 21.1 Å². The lowest BCUT2D eigenvalue weighted by Crippen LogP contribution is -2.26. The van der Waals surface area contributed by atoms with Crippen molar-refractivity contribution in [3.05, 3.63) is 51.2 Å². The van der Waals surface area contributed by atoms with Crippen LogP contribution in [0.4, 0.5) is 5.69 Å². The first-order valence-corrected chi connectivity index (χ1v) is 8.93. The van der Waals surface area contributed by atoms with Crippen LogP contribution in [-0.2, 0) is 9.59 Å². The number of nitrogens with zero attached hydrogens (tertiary/aromatic N) is 3. The maximum absolute atomic E-state index is 11.6. The van der Waals surface area contributed by atoms with Crippen molar-refractivity contribution in [1.29, 1.82) is 0 Å². The number of nitro groups is 1. The number of halogens is 1. The highest BCUT2D eigenvalue weighted by Crippen LogP contribution is 2.32. The maximum Gasteiger partial charge on any atom is 0.305 e. The number of benzene rings is 1. The number of thioether (sulfide) groups is 1. The van der Waals surface area contributed by atoms with Crippen molar-refractivity contribution < 1.29 is 24.0 Å². The monoisotopic (exact) mass is 422 g/mol. The van der Waals surface area contributed by atoms with Crippen LogP contribution in [0.5, 0.6) is 0 Å². The topological polar surface area (TPSA) is 147 Å². The largest absolute Gasteiger partial charge is 0.481 e. The number of carbonyl (C=O) groups is 2. The zero-order chi connectivity index (χ0) is 20.3. The highest BCUT2D eigenvalue weighted by molar-refractivity contribution is 8.15. The minimum atomic E-state index is -1.08. The number of carboxylic acid groups (broad SMARTS) is 1. The van der Waals surface area contributed by atoms with Gasteiger partial charge in [0.25, 0.3) is 5.69 Å². The van der Waals surface area contributed by atoms with E-state index in [-0.39, 0.29) is 17.3 Å². The number of amidine groups is 1. The Bertz CT molecular complexity index is 1020. The number of hydrogen-bond donors (Lipinski definition) is 2. The molecule has 2 N–H and O–H groups in total. The molecule has 1 fully saturated rings. The van der Waals surface area contributed by atoms with Gasteiger partial charge in [0.1, 0.15) is 16.8 Å². The molecule has 2 aromatic rings. The molecule has 1 aromatic heterocycles. The van der Waals surface area contributed by atoms with Crippen molar-refractivity contribution in [2.45, 2.75) is 11.7 Å². The number of carbonyl (C=O) groups excluding carboxylic acids is 1. The van der Waals surface area contributed by atoms with Crippen LogP contribution in [0.25, 0.3) is 11.3 Å². The molecule has 0 bridgehead atoms. The summed E-state index contributed by atoms with van der Waals surface area (Å²) in [7, 11) is 0. The first-order valence-electron chi connectivity index (χ1n) is 7.68. The molecule has 0 unspecified atom stereocenters. The zero-order valence-corrected chi connectivity index (χ0v) is 15.4. The van der Waals surface area contributed by atoms with Gasteiger partial charge in [0.2, 0.25) is 5.91 Å². The van der Waals surface area contributed by atoms with Crippen LogP contribution in [-0.4, -0.2) is 38.5 Å². The summed E-state index contributed by atoms with van der Waals surface area (Å²) in [5.74, 6) is -0.909. The van der Waals surface area contributed by atoms with Gasteiger partial charge in [-0.25, -0.2) is 0 Å². The lowest BCUT2D eigenvalue weighted by atomic mass is 10.1. The third-order valence-corrected chi connectivity index (χ3v) is 4.92. The first kappa shape index (κ1) is 19.6. The molecule has 1 saturated heterocycles. The Balaban J connectivity index is 1.72. The summed E-state index contributed by atoms with van der Waals surface area (Å²) < 4.78 is 5.55. The fraction of sp³-hybridized carbons (Fsp3) is 0.125. The van der Waals surface area contributed by atoms with Crippen LogP contribution >= 0.6 is 23.4 Å². The number of nitrogens with one attached hydrogen (secondary N) is 1. The Morgan fingerprint density at radius 3 is 2.93 bits per heavy atom. The van der Waals surface area contributed by atoms with Crippen LogP contribution in [0.15, 0.2) is 45.0 Å². The average Bonchev–Trinajstić information content (AvgIpc) is 3.22. The van der Waals surface area contributed by atoms with Crippen LogP contribution in [0, 0.1) is 10.1 Å². The molecule has 1 aromatic carbocycles. The minimum Gasteiger partial charge on any atom is -0.481 e. The standard InChI is InChI=1S/C16H11ClN4O6S/c17-11-3-1-8(21(25)26)5-10(11)12-4-2-9(27-12)7-18-20-16-19-15(24)13(28-16)6-14(22)23/h1-5,7,13H,6H2,(H,22,23)(H,19,20,24)/b18-7-/t13-/m0/s1. The molecule has 1 atom stereocenters. The second-order valence-corrected chi connectivity index (χ2v) is 7.07. The summed E-state index contributed by atoms with van der Waals surface area (Å²) in [6.07, 6.45) is 0.962. The first-order chi connectivity index (χ1) is 13.3. The molecule has 1 amide bonds. The summed E-state index contributed by atoms with van der Waals surface area (Å²) in [4.78, 5) is 32.7. The van der Waals surface area contributed by atoms with Crippen molar-refractivity contribution in [1.82, 2.24) is 5.32 Å². The van der Waals surface area contributed by atoms with Gasteiger partial charge in [0, 0.05) is 17.7 Å². The van der Waals surface area contributed by atoms with Gasteiger partial charge in [-0.15, -0.1) is 5.10 Å².